The van der Waals surface area contributed by atoms with Gasteiger partial charge in [-0.3, -0.25) is 4.99 Å². The zero-order valence-electron chi connectivity index (χ0n) is 10.2. The maximum absolute atomic E-state index is 11.4. The Labute approximate surface area is 128 Å². The number of likely N-dealkylation sites (N-methyl/N-ethyl adjacent to an activating group) is 1. The minimum Gasteiger partial charge on any atom is -2.00 e. The van der Waals surface area contributed by atoms with E-state index in [2.05, 4.69) is 25.8 Å². The molecule has 0 atom stereocenters. The van der Waals surface area contributed by atoms with Gasteiger partial charge in [-0.05, 0) is 31.8 Å². The average molecular weight is 353 g/mol. The Hall–Kier alpha value is -0.366. The van der Waals surface area contributed by atoms with E-state index in [4.69, 9.17) is 0 Å². The van der Waals surface area contributed by atoms with Gasteiger partial charge in [0.05, 0.1) is 6.54 Å². The normalized spacial score (nSPS) is 9.56. The van der Waals surface area contributed by atoms with Gasteiger partial charge in [0.1, 0.15) is 0 Å². The van der Waals surface area contributed by atoms with E-state index in [1.165, 1.54) is 6.07 Å². The topological polar surface area (TPSA) is 95.7 Å². The zero-order chi connectivity index (χ0) is 11.3. The van der Waals surface area contributed by atoms with E-state index in [-0.39, 0.29) is 35.3 Å². The average Bonchev–Trinajstić information content (AvgIpc) is 2.17. The van der Waals surface area contributed by atoms with Crippen LogP contribution in [0.15, 0.2) is 27.7 Å². The first-order chi connectivity index (χ1) is 7.09. The number of hydrogen-bond donors (Lipinski definition) is 0. The molecule has 5 nitrogen and oxygen atoms in total. The summed E-state index contributed by atoms with van der Waals surface area (Å²) in [5.41, 5.74) is 0.628. The molecular weight excluding hydrogens is 339 g/mol. The first-order valence-corrected chi connectivity index (χ1v) is 5.50. The summed E-state index contributed by atoms with van der Waals surface area (Å²) >= 11 is 3.32. The molecule has 103 valence electrons. The van der Waals surface area contributed by atoms with E-state index in [0.717, 1.165) is 11.0 Å². The smallest absolute Gasteiger partial charge is 0.0516 e. The van der Waals surface area contributed by atoms with E-state index in [9.17, 15) is 5.11 Å². The van der Waals surface area contributed by atoms with Crippen molar-refractivity contribution in [2.24, 2.45) is 4.99 Å². The quantitative estimate of drug-likeness (QED) is 0.762. The van der Waals surface area contributed by atoms with E-state index < -0.39 is 0 Å². The second-order valence-corrected chi connectivity index (χ2v) is 4.44. The second kappa shape index (κ2) is 11.7. The van der Waals surface area contributed by atoms with Gasteiger partial charge in [0.15, 0.2) is 0 Å². The summed E-state index contributed by atoms with van der Waals surface area (Å²) in [5, 5.41) is 11.4. The van der Waals surface area contributed by atoms with Crippen molar-refractivity contribution in [1.29, 1.82) is 0 Å². The Bertz CT molecular complexity index is 362. The summed E-state index contributed by atoms with van der Waals surface area (Å²) in [4.78, 5) is 6.25. The van der Waals surface area contributed by atoms with Crippen LogP contribution in [0.4, 0.5) is 0 Å². The molecule has 0 aliphatic rings. The van der Waals surface area contributed by atoms with E-state index >= 15 is 0 Å². The maximum atomic E-state index is 11.4. The molecule has 0 N–H and O–H groups in total. The molecule has 0 saturated heterocycles. The van der Waals surface area contributed by atoms with Crippen molar-refractivity contribution in [3.8, 4) is 5.75 Å². The summed E-state index contributed by atoms with van der Waals surface area (Å²) in [5.74, 6) is 0.00630. The molecular formula is C11H14BrN2O3V-5. The molecule has 1 aromatic carbocycles. The van der Waals surface area contributed by atoms with Crippen molar-refractivity contribution in [2.75, 3.05) is 27.2 Å². The molecule has 0 fully saturated rings. The van der Waals surface area contributed by atoms with Crippen LogP contribution < -0.4 is 5.11 Å². The predicted molar refractivity (Wildman–Crippen MR) is 66.0 cm³/mol. The van der Waals surface area contributed by atoms with Crippen molar-refractivity contribution in [3.05, 3.63) is 28.2 Å². The SMILES string of the molecule is CN(C)CCN=Cc1cc(Br)ccc1[O-].[O-2].[O-2].[V]. The van der Waals surface area contributed by atoms with Gasteiger partial charge in [0, 0.05) is 35.8 Å². The van der Waals surface area contributed by atoms with Gasteiger partial charge in [-0.2, -0.15) is 0 Å². The molecule has 0 saturated carbocycles. The largest absolute Gasteiger partial charge is 2.00 e. The molecule has 0 amide bonds. The summed E-state index contributed by atoms with van der Waals surface area (Å²) < 4.78 is 0.899. The standard InChI is InChI=1S/C11H15BrN2O.2O.V/c1-14(2)6-5-13-8-9-7-10(12)3-4-11(9)15;;;/h3-4,7-8,15H,5-6H2,1-2H3;;;/q;2*-2;/p-1. The van der Waals surface area contributed by atoms with Crippen molar-refractivity contribution in [1.82, 2.24) is 4.90 Å². The molecule has 7 heteroatoms. The number of aliphatic imine (C=N–C) groups is 1. The number of hydrogen-bond acceptors (Lipinski definition) is 3. The predicted octanol–water partition coefficient (Wildman–Crippen LogP) is 1.26. The fraction of sp³-hybridized carbons (Fsp3) is 0.364. The Morgan fingerprint density at radius 2 is 1.94 bits per heavy atom. The van der Waals surface area contributed by atoms with E-state index in [1.54, 1.807) is 18.3 Å². The van der Waals surface area contributed by atoms with Crippen LogP contribution in [-0.2, 0) is 29.5 Å². The van der Waals surface area contributed by atoms with Crippen LogP contribution in [0.2, 0.25) is 0 Å². The molecule has 1 rings (SSSR count). The van der Waals surface area contributed by atoms with Crippen LogP contribution in [0.5, 0.6) is 5.75 Å². The first kappa shape index (κ1) is 22.8. The number of rotatable bonds is 4. The van der Waals surface area contributed by atoms with Crippen molar-refractivity contribution in [2.45, 2.75) is 0 Å². The van der Waals surface area contributed by atoms with Gasteiger partial charge in [-0.1, -0.05) is 27.7 Å². The molecule has 1 aromatic rings. The summed E-state index contributed by atoms with van der Waals surface area (Å²) in [6.07, 6.45) is 1.64. The Balaban J connectivity index is -0.000000750. The molecule has 0 spiro atoms. The van der Waals surface area contributed by atoms with Crippen molar-refractivity contribution in [3.63, 3.8) is 0 Å². The Morgan fingerprint density at radius 1 is 1.33 bits per heavy atom. The zero-order valence-corrected chi connectivity index (χ0v) is 13.2. The Morgan fingerprint density at radius 3 is 2.50 bits per heavy atom. The summed E-state index contributed by atoms with van der Waals surface area (Å²) in [6.45, 7) is 1.59. The third-order valence-electron chi connectivity index (χ3n) is 1.88. The van der Waals surface area contributed by atoms with Crippen LogP contribution in [0.25, 0.3) is 0 Å². The first-order valence-electron chi connectivity index (χ1n) is 4.70. The molecule has 18 heavy (non-hydrogen) atoms. The van der Waals surface area contributed by atoms with Gasteiger partial charge in [-0.15, -0.1) is 0 Å². The number of benzene rings is 1. The van der Waals surface area contributed by atoms with Crippen LogP contribution in [0.1, 0.15) is 5.56 Å². The fourth-order valence-corrected chi connectivity index (χ4v) is 1.42. The number of halogens is 1. The molecule has 0 heterocycles. The molecule has 0 aliphatic carbocycles. The van der Waals surface area contributed by atoms with Gasteiger partial charge in [-0.25, -0.2) is 0 Å². The maximum Gasteiger partial charge on any atom is 0.0516 e. The molecule has 0 unspecified atom stereocenters. The van der Waals surface area contributed by atoms with E-state index in [1.807, 2.05) is 14.1 Å². The third-order valence-corrected chi connectivity index (χ3v) is 2.37. The molecule has 0 aliphatic heterocycles. The van der Waals surface area contributed by atoms with E-state index in [0.29, 0.717) is 12.1 Å². The van der Waals surface area contributed by atoms with Gasteiger partial charge in [0.2, 0.25) is 0 Å². The second-order valence-electron chi connectivity index (χ2n) is 3.52. The van der Waals surface area contributed by atoms with Crippen LogP contribution in [-0.4, -0.2) is 38.3 Å². The molecule has 1 radical (unpaired) electrons. The van der Waals surface area contributed by atoms with Crippen LogP contribution >= 0.6 is 15.9 Å². The molecule has 0 aromatic heterocycles. The van der Waals surface area contributed by atoms with Gasteiger partial charge in [0.25, 0.3) is 0 Å². The summed E-state index contributed by atoms with van der Waals surface area (Å²) in [6, 6.07) is 5.05. The summed E-state index contributed by atoms with van der Waals surface area (Å²) in [7, 11) is 3.99. The van der Waals surface area contributed by atoms with Gasteiger partial charge >= 0.3 is 0 Å². The van der Waals surface area contributed by atoms with Crippen molar-refractivity contribution < 1.29 is 34.6 Å². The molecule has 0 bridgehead atoms. The minimum absolute atomic E-state index is 0. The Kier molecular flexibility index (Phi) is 14.8. The van der Waals surface area contributed by atoms with Crippen LogP contribution in [0, 0.1) is 0 Å². The monoisotopic (exact) mass is 352 g/mol. The van der Waals surface area contributed by atoms with Crippen molar-refractivity contribution >= 4 is 22.1 Å². The van der Waals surface area contributed by atoms with Gasteiger partial charge < -0.3 is 21.0 Å². The third kappa shape index (κ3) is 8.69. The fourth-order valence-electron chi connectivity index (χ4n) is 1.04. The van der Waals surface area contributed by atoms with Crippen LogP contribution in [0.3, 0.4) is 0 Å². The minimum atomic E-state index is 0. The number of nitrogens with zero attached hydrogens (tertiary/aromatic N) is 2.